The Hall–Kier alpha value is -0.710. The highest BCUT2D eigenvalue weighted by Gasteiger charge is 2.51. The van der Waals surface area contributed by atoms with E-state index in [1.807, 2.05) is 38.1 Å². The molecule has 1 aliphatic carbocycles. The van der Waals surface area contributed by atoms with Crippen LogP contribution in [0.3, 0.4) is 0 Å². The fourth-order valence-corrected chi connectivity index (χ4v) is 4.37. The van der Waals surface area contributed by atoms with Crippen LogP contribution in [0.1, 0.15) is 26.3 Å². The highest BCUT2D eigenvalue weighted by Crippen LogP contribution is 2.54. The molecule has 1 atom stereocenters. The smallest absolute Gasteiger partial charge is 0.262 e. The van der Waals surface area contributed by atoms with E-state index in [-0.39, 0.29) is 17.5 Å². The van der Waals surface area contributed by atoms with Crippen LogP contribution in [0.4, 0.5) is 0 Å². The van der Waals surface area contributed by atoms with Crippen LogP contribution in [-0.4, -0.2) is 19.6 Å². The van der Waals surface area contributed by atoms with Crippen molar-refractivity contribution in [1.82, 2.24) is 9.55 Å². The van der Waals surface area contributed by atoms with Crippen LogP contribution in [0.2, 0.25) is 0 Å². The second-order valence-electron chi connectivity index (χ2n) is 5.65. The number of halogens is 2. The molecule has 6 heteroatoms. The first-order valence-corrected chi connectivity index (χ1v) is 8.66. The molecule has 0 spiro atoms. The first-order valence-electron chi connectivity index (χ1n) is 6.92. The maximum atomic E-state index is 12.6. The molecule has 112 valence electrons. The van der Waals surface area contributed by atoms with Crippen LogP contribution in [-0.2, 0) is 0 Å². The van der Waals surface area contributed by atoms with Gasteiger partial charge in [0.15, 0.2) is 5.16 Å². The first-order chi connectivity index (χ1) is 9.90. The number of benzene rings is 1. The number of rotatable bonds is 4. The third kappa shape index (κ3) is 2.94. The molecule has 21 heavy (non-hydrogen) atoms. The molecule has 0 N–H and O–H groups in total. The van der Waals surface area contributed by atoms with E-state index in [4.69, 9.17) is 23.2 Å². The van der Waals surface area contributed by atoms with E-state index < -0.39 is 4.33 Å². The van der Waals surface area contributed by atoms with Gasteiger partial charge in [0.05, 0.1) is 10.9 Å². The predicted molar refractivity (Wildman–Crippen MR) is 89.7 cm³/mol. The molecule has 3 rings (SSSR count). The summed E-state index contributed by atoms with van der Waals surface area (Å²) >= 11 is 13.7. The summed E-state index contributed by atoms with van der Waals surface area (Å²) in [7, 11) is 0. The van der Waals surface area contributed by atoms with Gasteiger partial charge < -0.3 is 0 Å². The van der Waals surface area contributed by atoms with E-state index in [0.29, 0.717) is 5.39 Å². The average Bonchev–Trinajstić information content (AvgIpc) is 3.03. The van der Waals surface area contributed by atoms with Crippen molar-refractivity contribution in [3.05, 3.63) is 34.6 Å². The van der Waals surface area contributed by atoms with Crippen molar-refractivity contribution >= 4 is 45.9 Å². The largest absolute Gasteiger partial charge is 0.285 e. The van der Waals surface area contributed by atoms with Crippen molar-refractivity contribution < 1.29 is 0 Å². The quantitative estimate of drug-likeness (QED) is 0.473. The summed E-state index contributed by atoms with van der Waals surface area (Å²) in [5, 5.41) is 1.40. The minimum absolute atomic E-state index is 0.0110. The van der Waals surface area contributed by atoms with Gasteiger partial charge in [0, 0.05) is 17.7 Å². The molecule has 0 aliphatic heterocycles. The van der Waals surface area contributed by atoms with E-state index in [1.54, 1.807) is 16.3 Å². The van der Waals surface area contributed by atoms with E-state index in [0.717, 1.165) is 22.8 Å². The molecule has 1 aliphatic rings. The third-order valence-electron chi connectivity index (χ3n) is 3.66. The molecule has 0 radical (unpaired) electrons. The van der Waals surface area contributed by atoms with Gasteiger partial charge in [-0.3, -0.25) is 9.36 Å². The third-order valence-corrected chi connectivity index (χ3v) is 5.70. The molecule has 3 nitrogen and oxygen atoms in total. The highest BCUT2D eigenvalue weighted by atomic mass is 35.5. The molecular weight excluding hydrogens is 327 g/mol. The first kappa shape index (κ1) is 15.2. The molecule has 0 bridgehead atoms. The van der Waals surface area contributed by atoms with E-state index in [9.17, 15) is 4.79 Å². The van der Waals surface area contributed by atoms with Gasteiger partial charge in [-0.05, 0) is 32.4 Å². The molecule has 1 unspecified atom stereocenters. The minimum atomic E-state index is -0.590. The van der Waals surface area contributed by atoms with Gasteiger partial charge in [-0.1, -0.05) is 23.9 Å². The molecular formula is C15H16Cl2N2OS. The second-order valence-corrected chi connectivity index (χ2v) is 8.18. The van der Waals surface area contributed by atoms with Crippen LogP contribution < -0.4 is 5.56 Å². The number of fused-ring (bicyclic) bond motifs is 1. The van der Waals surface area contributed by atoms with Gasteiger partial charge in [0.2, 0.25) is 0 Å². The summed E-state index contributed by atoms with van der Waals surface area (Å²) in [6.45, 7) is 3.98. The maximum absolute atomic E-state index is 12.6. The number of thioether (sulfide) groups is 1. The molecule has 1 saturated carbocycles. The summed E-state index contributed by atoms with van der Waals surface area (Å²) < 4.78 is 1.16. The van der Waals surface area contributed by atoms with Gasteiger partial charge in [-0.25, -0.2) is 4.98 Å². The standard InChI is InChI=1S/C15H16Cl2N2OS/c1-9(2)19-13(20)11-5-3-4-6-12(11)18-14(19)21-8-10-7-15(10,16)17/h3-6,9-10H,7-8H2,1-2H3. The Morgan fingerprint density at radius 3 is 2.71 bits per heavy atom. The predicted octanol–water partition coefficient (Wildman–Crippen LogP) is 4.26. The summed E-state index contributed by atoms with van der Waals surface area (Å²) in [5.74, 6) is 1.06. The lowest BCUT2D eigenvalue weighted by atomic mass is 10.2. The maximum Gasteiger partial charge on any atom is 0.262 e. The van der Waals surface area contributed by atoms with E-state index >= 15 is 0 Å². The number of hydrogen-bond donors (Lipinski definition) is 0. The molecule has 2 aromatic rings. The zero-order chi connectivity index (χ0) is 15.2. The van der Waals surface area contributed by atoms with Crippen molar-refractivity contribution in [2.24, 2.45) is 5.92 Å². The molecule has 1 fully saturated rings. The summed E-state index contributed by atoms with van der Waals surface area (Å²) in [6.07, 6.45) is 0.808. The Labute approximate surface area is 137 Å². The van der Waals surface area contributed by atoms with Crippen molar-refractivity contribution in [2.45, 2.75) is 35.8 Å². The second kappa shape index (κ2) is 5.49. The fraction of sp³-hybridized carbons (Fsp3) is 0.467. The Kier molecular flexibility index (Phi) is 3.97. The topological polar surface area (TPSA) is 34.9 Å². The van der Waals surface area contributed by atoms with E-state index in [1.165, 1.54) is 0 Å². The Bertz CT molecular complexity index is 742. The van der Waals surface area contributed by atoms with Gasteiger partial charge >= 0.3 is 0 Å². The number of nitrogens with zero attached hydrogens (tertiary/aromatic N) is 2. The summed E-state index contributed by atoms with van der Waals surface area (Å²) in [4.78, 5) is 17.3. The zero-order valence-corrected chi connectivity index (χ0v) is 14.2. The summed E-state index contributed by atoms with van der Waals surface area (Å²) in [6, 6.07) is 7.51. The molecule has 0 amide bonds. The van der Waals surface area contributed by atoms with Crippen molar-refractivity contribution in [1.29, 1.82) is 0 Å². The Morgan fingerprint density at radius 1 is 1.43 bits per heavy atom. The van der Waals surface area contributed by atoms with Crippen LogP contribution in [0.15, 0.2) is 34.2 Å². The van der Waals surface area contributed by atoms with Crippen molar-refractivity contribution in [3.8, 4) is 0 Å². The lowest BCUT2D eigenvalue weighted by Gasteiger charge is -2.16. The van der Waals surface area contributed by atoms with Crippen molar-refractivity contribution in [2.75, 3.05) is 5.75 Å². The number of aromatic nitrogens is 2. The fourth-order valence-electron chi connectivity index (χ4n) is 2.31. The SMILES string of the molecule is CC(C)n1c(SCC2CC2(Cl)Cl)nc2ccccc2c1=O. The molecule has 1 aromatic heterocycles. The monoisotopic (exact) mass is 342 g/mol. The van der Waals surface area contributed by atoms with Crippen LogP contribution in [0.5, 0.6) is 0 Å². The van der Waals surface area contributed by atoms with Gasteiger partial charge in [0.25, 0.3) is 5.56 Å². The zero-order valence-electron chi connectivity index (χ0n) is 11.8. The molecule has 1 aromatic carbocycles. The van der Waals surface area contributed by atoms with Gasteiger partial charge in [0.1, 0.15) is 4.33 Å². The minimum Gasteiger partial charge on any atom is -0.285 e. The van der Waals surface area contributed by atoms with Gasteiger partial charge in [-0.15, -0.1) is 23.2 Å². The average molecular weight is 343 g/mol. The Morgan fingerprint density at radius 2 is 2.10 bits per heavy atom. The number of alkyl halides is 2. The summed E-state index contributed by atoms with van der Waals surface area (Å²) in [5.41, 5.74) is 0.748. The van der Waals surface area contributed by atoms with Crippen LogP contribution in [0.25, 0.3) is 10.9 Å². The number of hydrogen-bond acceptors (Lipinski definition) is 3. The lowest BCUT2D eigenvalue weighted by molar-refractivity contribution is 0.519. The van der Waals surface area contributed by atoms with Gasteiger partial charge in [-0.2, -0.15) is 0 Å². The molecule has 1 heterocycles. The lowest BCUT2D eigenvalue weighted by Crippen LogP contribution is -2.25. The molecule has 0 saturated heterocycles. The van der Waals surface area contributed by atoms with Crippen molar-refractivity contribution in [3.63, 3.8) is 0 Å². The Balaban J connectivity index is 1.99. The normalized spacial score (nSPS) is 20.1. The van der Waals surface area contributed by atoms with E-state index in [2.05, 4.69) is 4.98 Å². The number of para-hydroxylation sites is 1. The van der Waals surface area contributed by atoms with Crippen LogP contribution in [0, 0.1) is 5.92 Å². The highest BCUT2D eigenvalue weighted by molar-refractivity contribution is 7.99. The van der Waals surface area contributed by atoms with Crippen LogP contribution >= 0.6 is 35.0 Å².